The van der Waals surface area contributed by atoms with Crippen molar-refractivity contribution < 1.29 is 0 Å². The van der Waals surface area contributed by atoms with E-state index < -0.39 is 0 Å². The van der Waals surface area contributed by atoms with Crippen LogP contribution in [0.15, 0.2) is 6.07 Å². The fourth-order valence-corrected chi connectivity index (χ4v) is 2.55. The van der Waals surface area contributed by atoms with E-state index in [2.05, 4.69) is 32.8 Å². The fraction of sp³-hybridized carbons (Fsp3) is 0.643. The SMILES string of the molecule is CCC(C#N)N1CCN(c2cc(C)nc(C)n2)CC1. The van der Waals surface area contributed by atoms with Crippen molar-refractivity contribution in [2.24, 2.45) is 0 Å². The van der Waals surface area contributed by atoms with E-state index in [0.717, 1.165) is 49.9 Å². The molecule has 1 aromatic rings. The van der Waals surface area contributed by atoms with Crippen LogP contribution >= 0.6 is 0 Å². The summed E-state index contributed by atoms with van der Waals surface area (Å²) in [4.78, 5) is 13.3. The summed E-state index contributed by atoms with van der Waals surface area (Å²) in [5, 5.41) is 9.11. The maximum Gasteiger partial charge on any atom is 0.132 e. The van der Waals surface area contributed by atoms with E-state index in [0.29, 0.717) is 0 Å². The first-order valence-electron chi connectivity index (χ1n) is 6.85. The number of piperazine rings is 1. The van der Waals surface area contributed by atoms with Crippen LogP contribution in [0.2, 0.25) is 0 Å². The first-order valence-corrected chi connectivity index (χ1v) is 6.85. The Morgan fingerprint density at radius 1 is 1.26 bits per heavy atom. The molecule has 1 unspecified atom stereocenters. The van der Waals surface area contributed by atoms with Crippen molar-refractivity contribution in [3.63, 3.8) is 0 Å². The largest absolute Gasteiger partial charge is 0.354 e. The minimum Gasteiger partial charge on any atom is -0.354 e. The van der Waals surface area contributed by atoms with Crippen molar-refractivity contribution in [2.75, 3.05) is 31.1 Å². The van der Waals surface area contributed by atoms with Gasteiger partial charge in [0.15, 0.2) is 0 Å². The number of hydrogen-bond donors (Lipinski definition) is 0. The van der Waals surface area contributed by atoms with E-state index >= 15 is 0 Å². The maximum atomic E-state index is 9.11. The second kappa shape index (κ2) is 5.98. The van der Waals surface area contributed by atoms with Gasteiger partial charge in [-0.15, -0.1) is 0 Å². The molecule has 1 aromatic heterocycles. The lowest BCUT2D eigenvalue weighted by molar-refractivity contribution is 0.216. The molecule has 1 aliphatic heterocycles. The van der Waals surface area contributed by atoms with E-state index in [1.807, 2.05) is 19.9 Å². The van der Waals surface area contributed by atoms with Crippen LogP contribution in [0.25, 0.3) is 0 Å². The molecule has 0 spiro atoms. The second-order valence-corrected chi connectivity index (χ2v) is 4.99. The predicted octanol–water partition coefficient (Wildman–Crippen LogP) is 1.52. The quantitative estimate of drug-likeness (QED) is 0.823. The van der Waals surface area contributed by atoms with Gasteiger partial charge in [0.05, 0.1) is 12.1 Å². The summed E-state index contributed by atoms with van der Waals surface area (Å²) < 4.78 is 0. The standard InChI is InChI=1S/C14H21N5/c1-4-13(10-15)18-5-7-19(8-6-18)14-9-11(2)16-12(3)17-14/h9,13H,4-8H2,1-3H3. The summed E-state index contributed by atoms with van der Waals surface area (Å²) in [6.07, 6.45) is 0.891. The van der Waals surface area contributed by atoms with Gasteiger partial charge in [0.1, 0.15) is 11.6 Å². The van der Waals surface area contributed by atoms with E-state index in [-0.39, 0.29) is 6.04 Å². The van der Waals surface area contributed by atoms with Gasteiger partial charge in [-0.05, 0) is 20.3 Å². The third-order valence-electron chi connectivity index (χ3n) is 3.57. The van der Waals surface area contributed by atoms with Gasteiger partial charge in [-0.25, -0.2) is 9.97 Å². The van der Waals surface area contributed by atoms with Crippen molar-refractivity contribution in [3.8, 4) is 6.07 Å². The lowest BCUT2D eigenvalue weighted by Crippen LogP contribution is -2.50. The predicted molar refractivity (Wildman–Crippen MR) is 75.0 cm³/mol. The van der Waals surface area contributed by atoms with Crippen LogP contribution in [0.4, 0.5) is 5.82 Å². The normalized spacial score (nSPS) is 18.1. The van der Waals surface area contributed by atoms with Crippen LogP contribution in [-0.4, -0.2) is 47.1 Å². The van der Waals surface area contributed by atoms with Crippen LogP contribution in [-0.2, 0) is 0 Å². The number of nitrogens with zero attached hydrogens (tertiary/aromatic N) is 5. The van der Waals surface area contributed by atoms with Crippen LogP contribution < -0.4 is 4.90 Å². The average Bonchev–Trinajstić information content (AvgIpc) is 2.40. The summed E-state index contributed by atoms with van der Waals surface area (Å²) in [6.45, 7) is 9.69. The van der Waals surface area contributed by atoms with Crippen molar-refractivity contribution in [3.05, 3.63) is 17.6 Å². The Bertz CT molecular complexity index is 451. The van der Waals surface area contributed by atoms with Crippen LogP contribution in [0.1, 0.15) is 24.9 Å². The molecular weight excluding hydrogens is 238 g/mol. The zero-order valence-corrected chi connectivity index (χ0v) is 11.9. The van der Waals surface area contributed by atoms with Crippen molar-refractivity contribution in [1.29, 1.82) is 5.26 Å². The average molecular weight is 259 g/mol. The minimum atomic E-state index is 0.0519. The molecule has 0 aromatic carbocycles. The molecule has 1 atom stereocenters. The summed E-state index contributed by atoms with van der Waals surface area (Å²) in [7, 11) is 0. The summed E-state index contributed by atoms with van der Waals surface area (Å²) in [5.74, 6) is 1.83. The first-order chi connectivity index (χ1) is 9.13. The molecule has 0 aliphatic carbocycles. The topological polar surface area (TPSA) is 56.1 Å². The molecule has 0 radical (unpaired) electrons. The van der Waals surface area contributed by atoms with E-state index in [9.17, 15) is 0 Å². The highest BCUT2D eigenvalue weighted by molar-refractivity contribution is 5.40. The minimum absolute atomic E-state index is 0.0519. The molecule has 1 aliphatic rings. The second-order valence-electron chi connectivity index (χ2n) is 4.99. The number of aryl methyl sites for hydroxylation is 2. The Balaban J connectivity index is 2.02. The number of rotatable bonds is 3. The molecule has 0 amide bonds. The summed E-state index contributed by atoms with van der Waals surface area (Å²) in [5.41, 5.74) is 1.01. The van der Waals surface area contributed by atoms with Crippen molar-refractivity contribution >= 4 is 5.82 Å². The Labute approximate surface area is 114 Å². The van der Waals surface area contributed by atoms with Gasteiger partial charge < -0.3 is 4.90 Å². The van der Waals surface area contributed by atoms with Gasteiger partial charge in [0, 0.05) is 37.9 Å². The first kappa shape index (κ1) is 13.8. The van der Waals surface area contributed by atoms with Gasteiger partial charge in [0.2, 0.25) is 0 Å². The molecule has 0 saturated carbocycles. The molecule has 1 saturated heterocycles. The van der Waals surface area contributed by atoms with Crippen LogP contribution in [0.3, 0.4) is 0 Å². The van der Waals surface area contributed by atoms with Crippen LogP contribution in [0, 0.1) is 25.2 Å². The van der Waals surface area contributed by atoms with Crippen molar-refractivity contribution in [2.45, 2.75) is 33.2 Å². The Kier molecular flexibility index (Phi) is 4.33. The molecular formula is C14H21N5. The summed E-state index contributed by atoms with van der Waals surface area (Å²) in [6, 6.07) is 4.46. The van der Waals surface area contributed by atoms with E-state index in [4.69, 9.17) is 5.26 Å². The number of hydrogen-bond acceptors (Lipinski definition) is 5. The molecule has 2 rings (SSSR count). The van der Waals surface area contributed by atoms with E-state index in [1.54, 1.807) is 0 Å². The Hall–Kier alpha value is -1.67. The smallest absolute Gasteiger partial charge is 0.132 e. The highest BCUT2D eigenvalue weighted by Gasteiger charge is 2.23. The molecule has 5 nitrogen and oxygen atoms in total. The Morgan fingerprint density at radius 3 is 2.47 bits per heavy atom. The molecule has 0 N–H and O–H groups in total. The number of anilines is 1. The third kappa shape index (κ3) is 3.21. The Morgan fingerprint density at radius 2 is 1.95 bits per heavy atom. The third-order valence-corrected chi connectivity index (χ3v) is 3.57. The molecule has 0 bridgehead atoms. The molecule has 5 heteroatoms. The number of nitriles is 1. The summed E-state index contributed by atoms with van der Waals surface area (Å²) >= 11 is 0. The fourth-order valence-electron chi connectivity index (χ4n) is 2.55. The van der Waals surface area contributed by atoms with Gasteiger partial charge in [-0.3, -0.25) is 4.90 Å². The van der Waals surface area contributed by atoms with Crippen LogP contribution in [0.5, 0.6) is 0 Å². The highest BCUT2D eigenvalue weighted by atomic mass is 15.3. The zero-order valence-electron chi connectivity index (χ0n) is 11.9. The molecule has 1 fully saturated rings. The number of aromatic nitrogens is 2. The molecule has 2 heterocycles. The molecule has 19 heavy (non-hydrogen) atoms. The van der Waals surface area contributed by atoms with Gasteiger partial charge in [-0.1, -0.05) is 6.92 Å². The molecule has 102 valence electrons. The van der Waals surface area contributed by atoms with Gasteiger partial charge in [-0.2, -0.15) is 5.26 Å². The van der Waals surface area contributed by atoms with Gasteiger partial charge >= 0.3 is 0 Å². The highest BCUT2D eigenvalue weighted by Crippen LogP contribution is 2.16. The lowest BCUT2D eigenvalue weighted by atomic mass is 10.2. The van der Waals surface area contributed by atoms with Crippen molar-refractivity contribution in [1.82, 2.24) is 14.9 Å². The zero-order chi connectivity index (χ0) is 13.8. The lowest BCUT2D eigenvalue weighted by Gasteiger charge is -2.37. The maximum absolute atomic E-state index is 9.11. The van der Waals surface area contributed by atoms with E-state index in [1.165, 1.54) is 0 Å². The van der Waals surface area contributed by atoms with Gasteiger partial charge in [0.25, 0.3) is 0 Å². The monoisotopic (exact) mass is 259 g/mol.